The largest absolute Gasteiger partial charge is 0.351 e. The molecule has 0 aromatic heterocycles. The number of nitrogens with one attached hydrogen (secondary N) is 2. The fourth-order valence-corrected chi connectivity index (χ4v) is 3.95. The Hall–Kier alpha value is -0.810. The van der Waals surface area contributed by atoms with Gasteiger partial charge in [0.25, 0.3) is 0 Å². The number of piperidine rings is 1. The van der Waals surface area contributed by atoms with E-state index in [2.05, 4.69) is 10.6 Å². The van der Waals surface area contributed by atoms with Crippen molar-refractivity contribution >= 4 is 24.2 Å². The number of hydrogen-bond acceptors (Lipinski definition) is 3. The molecule has 22 heavy (non-hydrogen) atoms. The highest BCUT2D eigenvalue weighted by molar-refractivity contribution is 5.86. The van der Waals surface area contributed by atoms with Gasteiger partial charge in [-0.3, -0.25) is 9.59 Å². The predicted octanol–water partition coefficient (Wildman–Crippen LogP) is 1.31. The zero-order valence-corrected chi connectivity index (χ0v) is 14.6. The molecule has 2 N–H and O–H groups in total. The molecule has 2 saturated heterocycles. The smallest absolute Gasteiger partial charge is 0.225 e. The first-order valence-corrected chi connectivity index (χ1v) is 8.13. The summed E-state index contributed by atoms with van der Waals surface area (Å²) in [6.07, 6.45) is 3.71. The Labute approximate surface area is 139 Å². The third-order valence-corrected chi connectivity index (χ3v) is 5.39. The molecule has 126 valence electrons. The maximum atomic E-state index is 12.4. The number of carbonyl (C=O) groups excluding carboxylic acids is 2. The number of likely N-dealkylation sites (tertiary alicyclic amines) is 1. The molecule has 2 aliphatic heterocycles. The average Bonchev–Trinajstić information content (AvgIpc) is 2.94. The molecule has 1 saturated carbocycles. The van der Waals surface area contributed by atoms with Crippen molar-refractivity contribution in [2.45, 2.75) is 58.0 Å². The van der Waals surface area contributed by atoms with Crippen molar-refractivity contribution in [2.24, 2.45) is 11.3 Å². The molecule has 3 fully saturated rings. The van der Waals surface area contributed by atoms with E-state index in [9.17, 15) is 9.59 Å². The molecule has 3 aliphatic rings. The highest BCUT2D eigenvalue weighted by Gasteiger charge is 2.58. The van der Waals surface area contributed by atoms with Crippen LogP contribution in [0.3, 0.4) is 0 Å². The highest BCUT2D eigenvalue weighted by atomic mass is 35.5. The summed E-state index contributed by atoms with van der Waals surface area (Å²) < 4.78 is 0. The van der Waals surface area contributed by atoms with Crippen LogP contribution in [0.15, 0.2) is 0 Å². The van der Waals surface area contributed by atoms with Crippen molar-refractivity contribution < 1.29 is 9.59 Å². The molecule has 0 radical (unpaired) electrons. The third-order valence-electron chi connectivity index (χ3n) is 5.39. The molecule has 0 aromatic carbocycles. The topological polar surface area (TPSA) is 61.4 Å². The first kappa shape index (κ1) is 17.5. The molecule has 2 heterocycles. The molecule has 1 aliphatic carbocycles. The van der Waals surface area contributed by atoms with Gasteiger partial charge in [0, 0.05) is 24.4 Å². The molecule has 2 unspecified atom stereocenters. The normalized spacial score (nSPS) is 30.1. The summed E-state index contributed by atoms with van der Waals surface area (Å²) in [6, 6.07) is -0.0106. The van der Waals surface area contributed by atoms with Gasteiger partial charge < -0.3 is 15.5 Å². The molecule has 2 atom stereocenters. The second-order valence-corrected chi connectivity index (χ2v) is 7.95. The fourth-order valence-electron chi connectivity index (χ4n) is 3.95. The van der Waals surface area contributed by atoms with E-state index in [0.717, 1.165) is 32.4 Å². The van der Waals surface area contributed by atoms with Crippen LogP contribution in [0.25, 0.3) is 0 Å². The lowest BCUT2D eigenvalue weighted by molar-refractivity contribution is -0.131. The second-order valence-electron chi connectivity index (χ2n) is 7.95. The molecule has 2 amide bonds. The monoisotopic (exact) mass is 329 g/mol. The Kier molecular flexibility index (Phi) is 4.79. The molecular formula is C16H28ClN3O2. The quantitative estimate of drug-likeness (QED) is 0.803. The van der Waals surface area contributed by atoms with Gasteiger partial charge in [-0.2, -0.15) is 0 Å². The number of amides is 2. The van der Waals surface area contributed by atoms with Gasteiger partial charge in [0.2, 0.25) is 11.8 Å². The zero-order valence-electron chi connectivity index (χ0n) is 13.8. The molecule has 1 spiro atoms. The fraction of sp³-hybridized carbons (Fsp3) is 0.875. The van der Waals surface area contributed by atoms with E-state index < -0.39 is 0 Å². The van der Waals surface area contributed by atoms with Gasteiger partial charge in [-0.05, 0) is 58.5 Å². The molecule has 0 aromatic rings. The van der Waals surface area contributed by atoms with Gasteiger partial charge in [0.1, 0.15) is 0 Å². The lowest BCUT2D eigenvalue weighted by atomic mass is 9.91. The van der Waals surface area contributed by atoms with Gasteiger partial charge in [-0.15, -0.1) is 12.4 Å². The summed E-state index contributed by atoms with van der Waals surface area (Å²) >= 11 is 0. The second kappa shape index (κ2) is 6.00. The van der Waals surface area contributed by atoms with Crippen LogP contribution in [0.4, 0.5) is 0 Å². The summed E-state index contributed by atoms with van der Waals surface area (Å²) in [7, 11) is 0. The predicted molar refractivity (Wildman–Crippen MR) is 87.9 cm³/mol. The van der Waals surface area contributed by atoms with Crippen LogP contribution in [-0.2, 0) is 9.59 Å². The number of carbonyl (C=O) groups is 2. The van der Waals surface area contributed by atoms with E-state index >= 15 is 0 Å². The first-order valence-electron chi connectivity index (χ1n) is 8.13. The Morgan fingerprint density at radius 2 is 1.95 bits per heavy atom. The number of nitrogens with zero attached hydrogens (tertiary/aromatic N) is 1. The van der Waals surface area contributed by atoms with Crippen LogP contribution in [0.1, 0.15) is 46.5 Å². The Morgan fingerprint density at radius 1 is 1.32 bits per heavy atom. The summed E-state index contributed by atoms with van der Waals surface area (Å²) in [5.41, 5.74) is 0.105. The third kappa shape index (κ3) is 3.25. The SMILES string of the molecule is CC(C)(C)N1CC(NC(=O)C2CC23CCNCC3)CC1=O.Cl. The number of halogens is 1. The van der Waals surface area contributed by atoms with Crippen LogP contribution in [-0.4, -0.2) is 47.9 Å². The highest BCUT2D eigenvalue weighted by Crippen LogP contribution is 2.58. The minimum Gasteiger partial charge on any atom is -0.351 e. The molecule has 5 nitrogen and oxygen atoms in total. The zero-order chi connectivity index (χ0) is 15.3. The van der Waals surface area contributed by atoms with Crippen LogP contribution >= 0.6 is 12.4 Å². The molecule has 3 rings (SSSR count). The summed E-state index contributed by atoms with van der Waals surface area (Å²) in [6.45, 7) is 8.84. The average molecular weight is 330 g/mol. The Balaban J connectivity index is 0.00000176. The lowest BCUT2D eigenvalue weighted by Crippen LogP contribution is -2.45. The Morgan fingerprint density at radius 3 is 2.50 bits per heavy atom. The van der Waals surface area contributed by atoms with E-state index in [1.165, 1.54) is 0 Å². The summed E-state index contributed by atoms with van der Waals surface area (Å²) in [5.74, 6) is 0.504. The van der Waals surface area contributed by atoms with Crippen molar-refractivity contribution in [3.8, 4) is 0 Å². The molecule has 6 heteroatoms. The summed E-state index contributed by atoms with van der Waals surface area (Å²) in [5, 5.41) is 6.48. The molecule has 0 bridgehead atoms. The Bertz CT molecular complexity index is 455. The number of rotatable bonds is 2. The van der Waals surface area contributed by atoms with E-state index in [1.807, 2.05) is 25.7 Å². The van der Waals surface area contributed by atoms with Crippen molar-refractivity contribution in [1.29, 1.82) is 0 Å². The standard InChI is InChI=1S/C16H27N3O2.ClH/c1-15(2,3)19-10-11(8-13(19)20)18-14(21)12-9-16(12)4-6-17-7-5-16;/h11-12,17H,4-10H2,1-3H3,(H,18,21);1H. The van der Waals surface area contributed by atoms with Crippen LogP contribution in [0.2, 0.25) is 0 Å². The van der Waals surface area contributed by atoms with E-state index in [-0.39, 0.29) is 47.1 Å². The molecular weight excluding hydrogens is 302 g/mol. The van der Waals surface area contributed by atoms with Crippen molar-refractivity contribution in [3.63, 3.8) is 0 Å². The first-order chi connectivity index (χ1) is 9.82. The van der Waals surface area contributed by atoms with Gasteiger partial charge in [0.15, 0.2) is 0 Å². The van der Waals surface area contributed by atoms with Crippen LogP contribution in [0, 0.1) is 11.3 Å². The number of hydrogen-bond donors (Lipinski definition) is 2. The maximum absolute atomic E-state index is 12.4. The van der Waals surface area contributed by atoms with Gasteiger partial charge >= 0.3 is 0 Å². The van der Waals surface area contributed by atoms with E-state index in [1.54, 1.807) is 0 Å². The maximum Gasteiger partial charge on any atom is 0.225 e. The van der Waals surface area contributed by atoms with Crippen molar-refractivity contribution in [3.05, 3.63) is 0 Å². The van der Waals surface area contributed by atoms with Gasteiger partial charge in [-0.25, -0.2) is 0 Å². The summed E-state index contributed by atoms with van der Waals surface area (Å²) in [4.78, 5) is 26.4. The van der Waals surface area contributed by atoms with E-state index in [4.69, 9.17) is 0 Å². The van der Waals surface area contributed by atoms with Crippen LogP contribution in [0.5, 0.6) is 0 Å². The minimum atomic E-state index is -0.160. The lowest BCUT2D eigenvalue weighted by Gasteiger charge is -2.32. The minimum absolute atomic E-state index is 0. The van der Waals surface area contributed by atoms with Crippen molar-refractivity contribution in [2.75, 3.05) is 19.6 Å². The van der Waals surface area contributed by atoms with Crippen molar-refractivity contribution in [1.82, 2.24) is 15.5 Å². The van der Waals surface area contributed by atoms with Gasteiger partial charge in [-0.1, -0.05) is 0 Å². The van der Waals surface area contributed by atoms with Crippen LogP contribution < -0.4 is 10.6 Å². The van der Waals surface area contributed by atoms with E-state index in [0.29, 0.717) is 13.0 Å². The van der Waals surface area contributed by atoms with Gasteiger partial charge in [0.05, 0.1) is 6.04 Å².